The summed E-state index contributed by atoms with van der Waals surface area (Å²) in [6.07, 6.45) is 0. The minimum absolute atomic E-state index is 0.228. The molecule has 104 valence electrons. The third-order valence-corrected chi connectivity index (χ3v) is 3.17. The van der Waals surface area contributed by atoms with E-state index in [0.717, 1.165) is 5.69 Å². The van der Waals surface area contributed by atoms with Gasteiger partial charge >= 0.3 is 5.97 Å². The van der Waals surface area contributed by atoms with Crippen molar-refractivity contribution in [3.8, 4) is 0 Å². The van der Waals surface area contributed by atoms with Crippen LogP contribution in [0.1, 0.15) is 41.4 Å². The molecule has 1 aromatic carbocycles. The van der Waals surface area contributed by atoms with Crippen molar-refractivity contribution in [2.75, 3.05) is 5.32 Å². The largest absolute Gasteiger partial charge is 0.478 e. The fourth-order valence-electron chi connectivity index (χ4n) is 1.96. The average molecular weight is 270 g/mol. The number of hydrogen-bond acceptors (Lipinski definition) is 3. The lowest BCUT2D eigenvalue weighted by atomic mass is 10.0. The Hall–Kier alpha value is -2.36. The summed E-state index contributed by atoms with van der Waals surface area (Å²) in [4.78, 5) is 15.2. The van der Waals surface area contributed by atoms with Gasteiger partial charge in [-0.1, -0.05) is 26.0 Å². The minimum Gasteiger partial charge on any atom is -0.478 e. The van der Waals surface area contributed by atoms with Crippen LogP contribution < -0.4 is 5.32 Å². The summed E-state index contributed by atoms with van der Waals surface area (Å²) in [5.41, 5.74) is 2.94. The van der Waals surface area contributed by atoms with E-state index in [9.17, 15) is 4.79 Å². The Balaban J connectivity index is 2.17. The summed E-state index contributed by atoms with van der Waals surface area (Å²) in [7, 11) is 0. The molecule has 20 heavy (non-hydrogen) atoms. The first-order valence-electron chi connectivity index (χ1n) is 6.55. The molecule has 1 heterocycles. The van der Waals surface area contributed by atoms with Gasteiger partial charge in [0.1, 0.15) is 5.82 Å². The summed E-state index contributed by atoms with van der Waals surface area (Å²) in [5, 5.41) is 12.1. The van der Waals surface area contributed by atoms with E-state index < -0.39 is 5.97 Å². The second-order valence-corrected chi connectivity index (χ2v) is 5.04. The first-order valence-corrected chi connectivity index (χ1v) is 6.55. The van der Waals surface area contributed by atoms with Crippen LogP contribution in [0.4, 0.5) is 11.5 Å². The molecule has 0 saturated carbocycles. The van der Waals surface area contributed by atoms with Gasteiger partial charge in [0, 0.05) is 5.69 Å². The number of benzene rings is 1. The van der Waals surface area contributed by atoms with Crippen LogP contribution in [0.3, 0.4) is 0 Å². The zero-order valence-corrected chi connectivity index (χ0v) is 11.8. The van der Waals surface area contributed by atoms with Crippen LogP contribution in [-0.2, 0) is 0 Å². The van der Waals surface area contributed by atoms with Crippen molar-refractivity contribution >= 4 is 17.5 Å². The van der Waals surface area contributed by atoms with Gasteiger partial charge in [0.2, 0.25) is 0 Å². The molecule has 4 heteroatoms. The maximum atomic E-state index is 10.9. The highest BCUT2D eigenvalue weighted by molar-refractivity contribution is 5.89. The van der Waals surface area contributed by atoms with Crippen LogP contribution in [0.15, 0.2) is 36.4 Å². The molecule has 0 amide bonds. The number of pyridine rings is 1. The van der Waals surface area contributed by atoms with E-state index in [2.05, 4.69) is 36.3 Å². The Labute approximate surface area is 118 Å². The lowest BCUT2D eigenvalue weighted by Gasteiger charge is -2.10. The molecule has 2 aromatic rings. The zero-order chi connectivity index (χ0) is 14.7. The average Bonchev–Trinajstić information content (AvgIpc) is 2.39. The number of anilines is 2. The highest BCUT2D eigenvalue weighted by atomic mass is 16.4. The molecule has 0 unspecified atom stereocenters. The van der Waals surface area contributed by atoms with Crippen molar-refractivity contribution in [3.05, 3.63) is 53.2 Å². The van der Waals surface area contributed by atoms with Crippen LogP contribution >= 0.6 is 0 Å². The molecule has 0 spiro atoms. The first-order chi connectivity index (χ1) is 9.47. The smallest absolute Gasteiger partial charge is 0.337 e. The number of nitrogens with one attached hydrogen (secondary N) is 1. The molecule has 0 atom stereocenters. The van der Waals surface area contributed by atoms with E-state index in [0.29, 0.717) is 17.4 Å². The number of nitrogens with zero attached hydrogens (tertiary/aromatic N) is 1. The van der Waals surface area contributed by atoms with E-state index >= 15 is 0 Å². The predicted molar refractivity (Wildman–Crippen MR) is 79.7 cm³/mol. The summed E-state index contributed by atoms with van der Waals surface area (Å²) < 4.78 is 0. The fraction of sp³-hybridized carbons (Fsp3) is 0.250. The van der Waals surface area contributed by atoms with E-state index in [-0.39, 0.29) is 5.56 Å². The first kappa shape index (κ1) is 14.1. The third kappa shape index (κ3) is 3.15. The predicted octanol–water partition coefficient (Wildman–Crippen LogP) is 3.96. The number of aromatic carboxylic acids is 1. The van der Waals surface area contributed by atoms with Gasteiger partial charge < -0.3 is 10.4 Å². The molecule has 0 aliphatic rings. The molecular weight excluding hydrogens is 252 g/mol. The van der Waals surface area contributed by atoms with Gasteiger partial charge in [-0.05, 0) is 42.7 Å². The molecule has 4 nitrogen and oxygen atoms in total. The van der Waals surface area contributed by atoms with Crippen LogP contribution in [0.25, 0.3) is 0 Å². The normalized spacial score (nSPS) is 10.6. The molecule has 0 radical (unpaired) electrons. The molecule has 0 bridgehead atoms. The van der Waals surface area contributed by atoms with Gasteiger partial charge in [-0.3, -0.25) is 0 Å². The van der Waals surface area contributed by atoms with Crippen LogP contribution in [0, 0.1) is 6.92 Å². The molecule has 0 aliphatic carbocycles. The SMILES string of the molecule is Cc1nc(Nc2ccc(C(C)C)cc2)ccc1C(=O)O. The second kappa shape index (κ2) is 5.74. The monoisotopic (exact) mass is 270 g/mol. The zero-order valence-electron chi connectivity index (χ0n) is 11.8. The van der Waals surface area contributed by atoms with Gasteiger partial charge in [0.15, 0.2) is 0 Å². The number of carbonyl (C=O) groups is 1. The quantitative estimate of drug-likeness (QED) is 0.882. The molecule has 0 fully saturated rings. The Morgan fingerprint density at radius 1 is 1.15 bits per heavy atom. The van der Waals surface area contributed by atoms with Gasteiger partial charge in [-0.25, -0.2) is 9.78 Å². The Morgan fingerprint density at radius 2 is 1.80 bits per heavy atom. The molecule has 1 aromatic heterocycles. The lowest BCUT2D eigenvalue weighted by molar-refractivity contribution is 0.0695. The van der Waals surface area contributed by atoms with E-state index in [4.69, 9.17) is 5.11 Å². The molecule has 0 saturated heterocycles. The lowest BCUT2D eigenvalue weighted by Crippen LogP contribution is -2.03. The van der Waals surface area contributed by atoms with E-state index in [1.807, 2.05) is 12.1 Å². The van der Waals surface area contributed by atoms with Crippen LogP contribution in [0.2, 0.25) is 0 Å². The van der Waals surface area contributed by atoms with Crippen molar-refractivity contribution in [3.63, 3.8) is 0 Å². The third-order valence-electron chi connectivity index (χ3n) is 3.17. The topological polar surface area (TPSA) is 62.2 Å². The number of hydrogen-bond donors (Lipinski definition) is 2. The van der Waals surface area contributed by atoms with Crippen LogP contribution in [-0.4, -0.2) is 16.1 Å². The van der Waals surface area contributed by atoms with Crippen molar-refractivity contribution in [2.45, 2.75) is 26.7 Å². The number of carboxylic acids is 1. The molecule has 0 aliphatic heterocycles. The van der Waals surface area contributed by atoms with Gasteiger partial charge in [0.05, 0.1) is 11.3 Å². The van der Waals surface area contributed by atoms with Crippen molar-refractivity contribution in [1.29, 1.82) is 0 Å². The molecule has 2 N–H and O–H groups in total. The van der Waals surface area contributed by atoms with Gasteiger partial charge in [-0.15, -0.1) is 0 Å². The number of carboxylic acid groups (broad SMARTS) is 1. The van der Waals surface area contributed by atoms with E-state index in [1.165, 1.54) is 5.56 Å². The number of aryl methyl sites for hydroxylation is 1. The Bertz CT molecular complexity index is 619. The van der Waals surface area contributed by atoms with Crippen molar-refractivity contribution in [1.82, 2.24) is 4.98 Å². The maximum absolute atomic E-state index is 10.9. The fourth-order valence-corrected chi connectivity index (χ4v) is 1.96. The standard InChI is InChI=1S/C16H18N2O2/c1-10(2)12-4-6-13(7-5-12)18-15-9-8-14(16(19)20)11(3)17-15/h4-10H,1-3H3,(H,17,18)(H,19,20). The Kier molecular flexibility index (Phi) is 4.03. The highest BCUT2D eigenvalue weighted by Gasteiger charge is 2.08. The minimum atomic E-state index is -0.956. The van der Waals surface area contributed by atoms with Gasteiger partial charge in [0.25, 0.3) is 0 Å². The molecular formula is C16H18N2O2. The van der Waals surface area contributed by atoms with E-state index in [1.54, 1.807) is 19.1 Å². The van der Waals surface area contributed by atoms with Crippen molar-refractivity contribution < 1.29 is 9.90 Å². The Morgan fingerprint density at radius 3 is 2.30 bits per heavy atom. The molecule has 2 rings (SSSR count). The second-order valence-electron chi connectivity index (χ2n) is 5.04. The number of rotatable bonds is 4. The number of aromatic nitrogens is 1. The summed E-state index contributed by atoms with van der Waals surface area (Å²) >= 11 is 0. The summed E-state index contributed by atoms with van der Waals surface area (Å²) in [5.74, 6) is 0.187. The van der Waals surface area contributed by atoms with Crippen LogP contribution in [0.5, 0.6) is 0 Å². The van der Waals surface area contributed by atoms with Gasteiger partial charge in [-0.2, -0.15) is 0 Å². The summed E-state index contributed by atoms with van der Waals surface area (Å²) in [6, 6.07) is 11.4. The van der Waals surface area contributed by atoms with Crippen molar-refractivity contribution in [2.24, 2.45) is 0 Å². The highest BCUT2D eigenvalue weighted by Crippen LogP contribution is 2.20. The summed E-state index contributed by atoms with van der Waals surface area (Å²) in [6.45, 7) is 5.99. The maximum Gasteiger partial charge on any atom is 0.337 e.